The molecule has 2 aromatic carbocycles. The molecule has 2 aromatic rings. The summed E-state index contributed by atoms with van der Waals surface area (Å²) >= 11 is 0. The minimum Gasteiger partial charge on any atom is -0.370 e. The number of aliphatic imine (C=N–C) groups is 1. The van der Waals surface area contributed by atoms with Gasteiger partial charge in [-0.2, -0.15) is 10.5 Å². The van der Waals surface area contributed by atoms with Gasteiger partial charge in [0.25, 0.3) is 0 Å². The van der Waals surface area contributed by atoms with Crippen LogP contribution in [0.15, 0.2) is 65.8 Å². The van der Waals surface area contributed by atoms with E-state index >= 15 is 0 Å². The van der Waals surface area contributed by atoms with Gasteiger partial charge in [0, 0.05) is 19.2 Å². The number of hydrogen-bond acceptors (Lipinski definition) is 5. The zero-order valence-electron chi connectivity index (χ0n) is 16.2. The first-order chi connectivity index (χ1) is 13.4. The first-order valence-corrected chi connectivity index (χ1v) is 9.15. The molecule has 0 unspecified atom stereocenters. The summed E-state index contributed by atoms with van der Waals surface area (Å²) in [4.78, 5) is 6.64. The van der Waals surface area contributed by atoms with E-state index in [9.17, 15) is 5.26 Å². The first-order valence-electron chi connectivity index (χ1n) is 9.15. The van der Waals surface area contributed by atoms with E-state index < -0.39 is 5.54 Å². The van der Waals surface area contributed by atoms with E-state index in [1.54, 1.807) is 6.07 Å². The van der Waals surface area contributed by atoms with Crippen LogP contribution < -0.4 is 5.73 Å². The van der Waals surface area contributed by atoms with Crippen molar-refractivity contribution in [1.29, 1.82) is 10.5 Å². The summed E-state index contributed by atoms with van der Waals surface area (Å²) in [6.45, 7) is 6.33. The third kappa shape index (κ3) is 3.35. The molecule has 2 N–H and O–H groups in total. The Morgan fingerprint density at radius 2 is 1.93 bits per heavy atom. The fourth-order valence-corrected chi connectivity index (χ4v) is 3.77. The lowest BCUT2D eigenvalue weighted by atomic mass is 9.73. The third-order valence-electron chi connectivity index (χ3n) is 5.43. The zero-order chi connectivity index (χ0) is 20.3. The van der Waals surface area contributed by atoms with E-state index in [0.29, 0.717) is 17.9 Å². The predicted octanol–water partition coefficient (Wildman–Crippen LogP) is 3.79. The van der Waals surface area contributed by atoms with Crippen LogP contribution >= 0.6 is 0 Å². The molecule has 0 saturated heterocycles. The largest absolute Gasteiger partial charge is 0.370 e. The molecule has 140 valence electrons. The summed E-state index contributed by atoms with van der Waals surface area (Å²) in [5.74, 6) is 0.264. The Labute approximate surface area is 166 Å². The molecule has 1 aliphatic heterocycles. The van der Waals surface area contributed by atoms with Gasteiger partial charge in [-0.3, -0.25) is 0 Å². The minimum absolute atomic E-state index is 0.135. The average molecular weight is 369 g/mol. The highest BCUT2D eigenvalue weighted by Crippen LogP contribution is 2.47. The fraction of sp³-hybridized carbons (Fsp3) is 0.261. The van der Waals surface area contributed by atoms with Crippen molar-refractivity contribution in [2.45, 2.75) is 31.2 Å². The van der Waals surface area contributed by atoms with Crippen LogP contribution in [0.4, 0.5) is 0 Å². The lowest BCUT2D eigenvalue weighted by molar-refractivity contribution is 0.349. The summed E-state index contributed by atoms with van der Waals surface area (Å²) in [5, 5.41) is 18.1. The van der Waals surface area contributed by atoms with Gasteiger partial charge in [0.15, 0.2) is 5.96 Å². The van der Waals surface area contributed by atoms with Gasteiger partial charge in [-0.05, 0) is 42.2 Å². The van der Waals surface area contributed by atoms with Crippen LogP contribution in [0.25, 0.3) is 0 Å². The second-order valence-electron chi connectivity index (χ2n) is 7.19. The third-order valence-corrected chi connectivity index (χ3v) is 5.43. The summed E-state index contributed by atoms with van der Waals surface area (Å²) < 4.78 is 0. The Bertz CT molecular complexity index is 1010. The molecule has 0 radical (unpaired) electrons. The summed E-state index contributed by atoms with van der Waals surface area (Å²) in [7, 11) is 1.86. The maximum absolute atomic E-state index is 9.32. The number of guanidine groups is 1. The molecule has 2 atom stereocenters. The highest BCUT2D eigenvalue weighted by Gasteiger charge is 2.43. The number of aryl methyl sites for hydroxylation is 1. The molecule has 0 spiro atoms. The molecular weight excluding hydrogens is 346 g/mol. The molecule has 3 rings (SSSR count). The lowest BCUT2D eigenvalue weighted by Crippen LogP contribution is -2.47. The van der Waals surface area contributed by atoms with Crippen LogP contribution in [0.5, 0.6) is 0 Å². The number of hydrogen-bond donors (Lipinski definition) is 1. The van der Waals surface area contributed by atoms with Gasteiger partial charge in [0.1, 0.15) is 0 Å². The van der Waals surface area contributed by atoms with Crippen LogP contribution in [0.3, 0.4) is 0 Å². The minimum atomic E-state index is -0.686. The van der Waals surface area contributed by atoms with E-state index in [0.717, 1.165) is 28.8 Å². The summed E-state index contributed by atoms with van der Waals surface area (Å²) in [6, 6.07) is 20.1. The maximum atomic E-state index is 9.32. The van der Waals surface area contributed by atoms with Crippen molar-refractivity contribution in [2.24, 2.45) is 10.7 Å². The number of nitriles is 2. The monoisotopic (exact) mass is 369 g/mol. The molecule has 0 bridgehead atoms. The zero-order valence-corrected chi connectivity index (χ0v) is 16.2. The number of rotatable bonds is 4. The molecule has 1 aliphatic rings. The van der Waals surface area contributed by atoms with E-state index in [1.165, 1.54) is 0 Å². The molecule has 5 heteroatoms. The Morgan fingerprint density at radius 3 is 2.57 bits per heavy atom. The Hall–Kier alpha value is -3.57. The number of nitrogens with two attached hydrogens (primary N) is 1. The molecular formula is C23H23N5. The van der Waals surface area contributed by atoms with E-state index in [2.05, 4.69) is 30.9 Å². The molecule has 1 heterocycles. The van der Waals surface area contributed by atoms with Crippen molar-refractivity contribution in [3.05, 3.63) is 83.1 Å². The van der Waals surface area contributed by atoms with Gasteiger partial charge in [-0.15, -0.1) is 0 Å². The van der Waals surface area contributed by atoms with Crippen molar-refractivity contribution >= 4 is 5.96 Å². The summed E-state index contributed by atoms with van der Waals surface area (Å²) in [6.07, 6.45) is 1.23. The van der Waals surface area contributed by atoms with Crippen molar-refractivity contribution in [1.82, 2.24) is 4.90 Å². The Balaban J connectivity index is 2.11. The van der Waals surface area contributed by atoms with Crippen LogP contribution in [0.1, 0.15) is 41.5 Å². The molecule has 0 aliphatic carbocycles. The van der Waals surface area contributed by atoms with Gasteiger partial charge < -0.3 is 10.6 Å². The van der Waals surface area contributed by atoms with Gasteiger partial charge in [-0.25, -0.2) is 4.99 Å². The molecule has 28 heavy (non-hydrogen) atoms. The van der Waals surface area contributed by atoms with Crippen LogP contribution in [-0.2, 0) is 12.0 Å². The van der Waals surface area contributed by atoms with Crippen molar-refractivity contribution in [3.63, 3.8) is 0 Å². The number of nitrogens with zero attached hydrogens (tertiary/aromatic N) is 4. The molecule has 5 nitrogen and oxygen atoms in total. The van der Waals surface area contributed by atoms with Crippen LogP contribution in [0.2, 0.25) is 0 Å². The Kier molecular flexibility index (Phi) is 5.20. The van der Waals surface area contributed by atoms with E-state index in [1.807, 2.05) is 49.2 Å². The SMILES string of the molecule is C=C1[C@@H](c2ccc(CCC#N)cc2)[C@@](C)(c2cccc(C#N)c2)N=C(N)N1C. The smallest absolute Gasteiger partial charge is 0.196 e. The van der Waals surface area contributed by atoms with Crippen molar-refractivity contribution in [2.75, 3.05) is 7.05 Å². The molecule has 0 fully saturated rings. The van der Waals surface area contributed by atoms with Gasteiger partial charge in [0.2, 0.25) is 0 Å². The van der Waals surface area contributed by atoms with Crippen LogP contribution in [-0.4, -0.2) is 17.9 Å². The highest BCUT2D eigenvalue weighted by atomic mass is 15.3. The lowest BCUT2D eigenvalue weighted by Gasteiger charge is -2.44. The topological polar surface area (TPSA) is 89.2 Å². The maximum Gasteiger partial charge on any atom is 0.196 e. The Morgan fingerprint density at radius 1 is 1.21 bits per heavy atom. The van der Waals surface area contributed by atoms with Crippen molar-refractivity contribution < 1.29 is 0 Å². The average Bonchev–Trinajstić information content (AvgIpc) is 2.71. The van der Waals surface area contributed by atoms with E-state index in [-0.39, 0.29) is 5.92 Å². The standard InChI is InChI=1S/C23H23N5/c1-16-21(19-11-9-17(10-12-19)7-5-13-24)23(2,27-22(26)28(16)3)20-8-4-6-18(14-20)15-25/h4,6,8-12,14,21H,1,5,7H2,2-3H3,(H2,26,27)/t21-,23+/m0/s1. The molecule has 0 aromatic heterocycles. The molecule has 0 saturated carbocycles. The number of likely N-dealkylation sites (N-methyl/N-ethyl adjacent to an activating group) is 1. The highest BCUT2D eigenvalue weighted by molar-refractivity contribution is 5.82. The first kappa shape index (κ1) is 19.2. The van der Waals surface area contributed by atoms with Crippen LogP contribution in [0, 0.1) is 22.7 Å². The van der Waals surface area contributed by atoms with E-state index in [4.69, 9.17) is 16.0 Å². The van der Waals surface area contributed by atoms with Gasteiger partial charge >= 0.3 is 0 Å². The second-order valence-corrected chi connectivity index (χ2v) is 7.19. The normalized spacial score (nSPS) is 21.6. The van der Waals surface area contributed by atoms with Crippen molar-refractivity contribution in [3.8, 4) is 12.1 Å². The fourth-order valence-electron chi connectivity index (χ4n) is 3.77. The number of benzene rings is 2. The van der Waals surface area contributed by atoms with Gasteiger partial charge in [0.05, 0.1) is 29.2 Å². The second kappa shape index (κ2) is 7.58. The van der Waals surface area contributed by atoms with Gasteiger partial charge in [-0.1, -0.05) is 43.0 Å². The summed E-state index contributed by atoms with van der Waals surface area (Å²) in [5.41, 5.74) is 10.0. The quantitative estimate of drug-likeness (QED) is 0.888. The molecule has 0 amide bonds. The predicted molar refractivity (Wildman–Crippen MR) is 110 cm³/mol.